The second-order valence-corrected chi connectivity index (χ2v) is 8.17. The summed E-state index contributed by atoms with van der Waals surface area (Å²) in [6.07, 6.45) is 2.85. The van der Waals surface area contributed by atoms with Gasteiger partial charge in [0.2, 0.25) is 10.0 Å². The average molecular weight is 369 g/mol. The lowest BCUT2D eigenvalue weighted by atomic mass is 9.93. The zero-order valence-corrected chi connectivity index (χ0v) is 15.3. The van der Waals surface area contributed by atoms with Crippen LogP contribution < -0.4 is 0 Å². The van der Waals surface area contributed by atoms with E-state index in [1.54, 1.807) is 30.5 Å². The molecule has 2 aromatic rings. The minimum absolute atomic E-state index is 0.195. The Balaban J connectivity index is 2.08. The molecule has 1 heterocycles. The highest BCUT2D eigenvalue weighted by Crippen LogP contribution is 2.34. The topological polar surface area (TPSA) is 70.0 Å². The first kappa shape index (κ1) is 18.0. The van der Waals surface area contributed by atoms with Gasteiger partial charge in [0.25, 0.3) is 5.91 Å². The molecule has 1 unspecified atom stereocenters. The fourth-order valence-electron chi connectivity index (χ4n) is 2.83. The molecule has 0 bridgehead atoms. The first-order valence-electron chi connectivity index (χ1n) is 7.97. The summed E-state index contributed by atoms with van der Waals surface area (Å²) in [4.78, 5) is 12.5. The van der Waals surface area contributed by atoms with Crippen LogP contribution in [0.4, 0.5) is 0 Å². The summed E-state index contributed by atoms with van der Waals surface area (Å²) in [5.74, 6) is -0.328. The Bertz CT molecular complexity index is 979. The van der Waals surface area contributed by atoms with E-state index < -0.39 is 16.1 Å². The van der Waals surface area contributed by atoms with Gasteiger partial charge in [-0.3, -0.25) is 4.79 Å². The summed E-state index contributed by atoms with van der Waals surface area (Å²) >= 11 is 0. The number of fused-ring (bicyclic) bond motifs is 1. The maximum absolute atomic E-state index is 12.3. The number of carbonyl (C=O) groups is 1. The number of sulfonamides is 1. The SMILES string of the molecule is C=CC(=O)N1N=Cc2ccccc2C1c1ccc(S(=O)(=O)N(C)C)cc1. The third-order valence-electron chi connectivity index (χ3n) is 4.23. The Labute approximate surface area is 153 Å². The highest BCUT2D eigenvalue weighted by molar-refractivity contribution is 7.89. The third-order valence-corrected chi connectivity index (χ3v) is 6.06. The number of rotatable bonds is 4. The number of carbonyl (C=O) groups excluding carboxylic acids is 1. The van der Waals surface area contributed by atoms with Crippen LogP contribution in [0.5, 0.6) is 0 Å². The summed E-state index contributed by atoms with van der Waals surface area (Å²) in [6, 6.07) is 13.7. The second-order valence-electron chi connectivity index (χ2n) is 6.02. The van der Waals surface area contributed by atoms with Crippen molar-refractivity contribution in [3.63, 3.8) is 0 Å². The quantitative estimate of drug-likeness (QED) is 0.777. The normalized spacial score (nSPS) is 16.4. The van der Waals surface area contributed by atoms with Gasteiger partial charge in [0.1, 0.15) is 6.04 Å². The van der Waals surface area contributed by atoms with Gasteiger partial charge in [-0.25, -0.2) is 17.7 Å². The highest BCUT2D eigenvalue weighted by atomic mass is 32.2. The molecule has 0 aliphatic carbocycles. The number of hydrogen-bond donors (Lipinski definition) is 0. The number of benzene rings is 2. The molecule has 1 aliphatic rings. The zero-order valence-electron chi connectivity index (χ0n) is 14.5. The molecule has 26 heavy (non-hydrogen) atoms. The standard InChI is InChI=1S/C19H19N3O3S/c1-4-18(23)22-19(17-8-6-5-7-15(17)13-20-22)14-9-11-16(12-10-14)26(24,25)21(2)3/h4-13,19H,1H2,2-3H3. The number of amides is 1. The molecule has 0 saturated carbocycles. The lowest BCUT2D eigenvalue weighted by Gasteiger charge is -2.31. The monoisotopic (exact) mass is 369 g/mol. The fraction of sp³-hybridized carbons (Fsp3) is 0.158. The van der Waals surface area contributed by atoms with Gasteiger partial charge in [0.05, 0.1) is 11.1 Å². The first-order valence-corrected chi connectivity index (χ1v) is 9.41. The molecule has 0 N–H and O–H groups in total. The zero-order chi connectivity index (χ0) is 18.9. The molecule has 7 heteroatoms. The summed E-state index contributed by atoms with van der Waals surface area (Å²) in [6.45, 7) is 3.54. The van der Waals surface area contributed by atoms with E-state index in [9.17, 15) is 13.2 Å². The molecule has 6 nitrogen and oxygen atoms in total. The van der Waals surface area contributed by atoms with Crippen molar-refractivity contribution in [2.45, 2.75) is 10.9 Å². The molecule has 134 valence electrons. The van der Waals surface area contributed by atoms with Crippen LogP contribution in [0.25, 0.3) is 0 Å². The van der Waals surface area contributed by atoms with Crippen molar-refractivity contribution in [1.29, 1.82) is 0 Å². The van der Waals surface area contributed by atoms with Crippen molar-refractivity contribution in [3.8, 4) is 0 Å². The van der Waals surface area contributed by atoms with Crippen LogP contribution in [-0.4, -0.2) is 43.9 Å². The van der Waals surface area contributed by atoms with E-state index in [4.69, 9.17) is 0 Å². The van der Waals surface area contributed by atoms with E-state index in [1.165, 1.54) is 25.2 Å². The lowest BCUT2D eigenvalue weighted by molar-refractivity contribution is -0.127. The van der Waals surface area contributed by atoms with Crippen molar-refractivity contribution < 1.29 is 13.2 Å². The molecule has 0 saturated heterocycles. The van der Waals surface area contributed by atoms with Gasteiger partial charge in [0, 0.05) is 19.7 Å². The lowest BCUT2D eigenvalue weighted by Crippen LogP contribution is -2.33. The van der Waals surface area contributed by atoms with E-state index in [0.717, 1.165) is 21.0 Å². The van der Waals surface area contributed by atoms with Crippen LogP contribution in [0.3, 0.4) is 0 Å². The van der Waals surface area contributed by atoms with Crippen LogP contribution in [0.15, 0.2) is 71.2 Å². The van der Waals surface area contributed by atoms with Gasteiger partial charge in [0.15, 0.2) is 0 Å². The van der Waals surface area contributed by atoms with Crippen LogP contribution in [0, 0.1) is 0 Å². The Morgan fingerprint density at radius 1 is 1.15 bits per heavy atom. The van der Waals surface area contributed by atoms with Crippen LogP contribution in [0.2, 0.25) is 0 Å². The number of hydrazone groups is 1. The number of hydrogen-bond acceptors (Lipinski definition) is 4. The minimum atomic E-state index is -3.51. The Morgan fingerprint density at radius 2 is 1.81 bits per heavy atom. The first-order chi connectivity index (χ1) is 12.4. The summed E-state index contributed by atoms with van der Waals surface area (Å²) in [7, 11) is -0.541. The van der Waals surface area contributed by atoms with Crippen molar-refractivity contribution in [1.82, 2.24) is 9.31 Å². The minimum Gasteiger partial charge on any atom is -0.268 e. The van der Waals surface area contributed by atoms with Gasteiger partial charge in [-0.2, -0.15) is 5.10 Å². The summed E-state index contributed by atoms with van der Waals surface area (Å²) in [5, 5.41) is 5.61. The van der Waals surface area contributed by atoms with Crippen molar-refractivity contribution in [2.24, 2.45) is 5.10 Å². The highest BCUT2D eigenvalue weighted by Gasteiger charge is 2.30. The van der Waals surface area contributed by atoms with Crippen molar-refractivity contribution in [3.05, 3.63) is 77.9 Å². The largest absolute Gasteiger partial charge is 0.268 e. The van der Waals surface area contributed by atoms with E-state index >= 15 is 0 Å². The molecular weight excluding hydrogens is 350 g/mol. The molecule has 1 aliphatic heterocycles. The fourth-order valence-corrected chi connectivity index (χ4v) is 3.73. The van der Waals surface area contributed by atoms with Gasteiger partial charge in [-0.15, -0.1) is 0 Å². The Hall–Kier alpha value is -2.77. The van der Waals surface area contributed by atoms with Gasteiger partial charge in [-0.1, -0.05) is 43.0 Å². The Kier molecular flexibility index (Phi) is 4.76. The predicted octanol–water partition coefficient (Wildman–Crippen LogP) is 2.39. The maximum Gasteiger partial charge on any atom is 0.266 e. The summed E-state index contributed by atoms with van der Waals surface area (Å²) in [5.41, 5.74) is 2.60. The smallest absolute Gasteiger partial charge is 0.266 e. The van der Waals surface area contributed by atoms with Crippen LogP contribution in [0.1, 0.15) is 22.7 Å². The second kappa shape index (κ2) is 6.86. The molecule has 0 fully saturated rings. The number of nitrogens with zero attached hydrogens (tertiary/aromatic N) is 3. The molecule has 0 spiro atoms. The van der Waals surface area contributed by atoms with Crippen molar-refractivity contribution in [2.75, 3.05) is 14.1 Å². The third kappa shape index (κ3) is 3.07. The maximum atomic E-state index is 12.3. The molecule has 1 amide bonds. The van der Waals surface area contributed by atoms with Crippen LogP contribution in [-0.2, 0) is 14.8 Å². The van der Waals surface area contributed by atoms with Crippen LogP contribution >= 0.6 is 0 Å². The molecule has 1 atom stereocenters. The van der Waals surface area contributed by atoms with Gasteiger partial charge >= 0.3 is 0 Å². The van der Waals surface area contributed by atoms with E-state index in [0.29, 0.717) is 0 Å². The molecule has 0 radical (unpaired) electrons. The molecule has 0 aromatic heterocycles. The van der Waals surface area contributed by atoms with E-state index in [1.807, 2.05) is 24.3 Å². The van der Waals surface area contributed by atoms with Gasteiger partial charge < -0.3 is 0 Å². The van der Waals surface area contributed by atoms with Gasteiger partial charge in [-0.05, 0) is 29.3 Å². The summed E-state index contributed by atoms with van der Waals surface area (Å²) < 4.78 is 25.7. The van der Waals surface area contributed by atoms with E-state index in [-0.39, 0.29) is 10.8 Å². The van der Waals surface area contributed by atoms with E-state index in [2.05, 4.69) is 11.7 Å². The molecular formula is C19H19N3O3S. The van der Waals surface area contributed by atoms with Crippen molar-refractivity contribution >= 4 is 22.1 Å². The predicted molar refractivity (Wildman–Crippen MR) is 100 cm³/mol. The Morgan fingerprint density at radius 3 is 2.42 bits per heavy atom. The molecule has 3 rings (SSSR count). The molecule has 2 aromatic carbocycles. The average Bonchev–Trinajstić information content (AvgIpc) is 2.66.